The van der Waals surface area contributed by atoms with Crippen LogP contribution in [0.2, 0.25) is 0 Å². The number of amides is 1. The number of furan rings is 1. The third-order valence-electron chi connectivity index (χ3n) is 4.47. The molecule has 3 aromatic rings. The summed E-state index contributed by atoms with van der Waals surface area (Å²) in [4.78, 5) is 14.0. The number of likely N-dealkylation sites (tertiary alicyclic amines) is 1. The lowest BCUT2D eigenvalue weighted by molar-refractivity contribution is 0.0701. The Bertz CT molecular complexity index is 916. The highest BCUT2D eigenvalue weighted by atomic mass is 19.1. The first-order valence-electron chi connectivity index (χ1n) is 8.23. The number of nitrogens with zero attached hydrogens (tertiary/aromatic N) is 3. The second kappa shape index (κ2) is 6.70. The Hall–Kier alpha value is -3.03. The van der Waals surface area contributed by atoms with Gasteiger partial charge in [-0.25, -0.2) is 8.78 Å². The number of hydrogen-bond acceptors (Lipinski definition) is 5. The van der Waals surface area contributed by atoms with Crippen molar-refractivity contribution < 1.29 is 22.4 Å². The van der Waals surface area contributed by atoms with Crippen molar-refractivity contribution in [3.8, 4) is 11.7 Å². The van der Waals surface area contributed by atoms with Gasteiger partial charge in [-0.05, 0) is 37.1 Å². The van der Waals surface area contributed by atoms with Crippen molar-refractivity contribution in [2.24, 2.45) is 0 Å². The van der Waals surface area contributed by atoms with Gasteiger partial charge in [-0.2, -0.15) is 0 Å². The van der Waals surface area contributed by atoms with Gasteiger partial charge in [-0.1, -0.05) is 0 Å². The molecule has 0 bridgehead atoms. The third kappa shape index (κ3) is 3.10. The average Bonchev–Trinajstić information content (AvgIpc) is 3.33. The van der Waals surface area contributed by atoms with Crippen LogP contribution in [-0.2, 0) is 0 Å². The highest BCUT2D eigenvalue weighted by Gasteiger charge is 2.29. The van der Waals surface area contributed by atoms with Crippen LogP contribution in [-0.4, -0.2) is 34.1 Å². The number of rotatable bonds is 3. The number of benzene rings is 1. The second-order valence-electron chi connectivity index (χ2n) is 6.11. The van der Waals surface area contributed by atoms with Gasteiger partial charge in [-0.3, -0.25) is 4.79 Å². The summed E-state index contributed by atoms with van der Waals surface area (Å²) in [5, 5.41) is 8.05. The largest absolute Gasteiger partial charge is 0.459 e. The van der Waals surface area contributed by atoms with Crippen LogP contribution in [0, 0.1) is 11.6 Å². The SMILES string of the molecule is O=C(c1ccc(F)cc1F)N1CCC(c2nnc(-c3ccco3)o2)CC1. The molecule has 1 aliphatic heterocycles. The molecular weight excluding hydrogens is 344 g/mol. The molecule has 1 aliphatic rings. The van der Waals surface area contributed by atoms with Crippen LogP contribution in [0.15, 0.2) is 45.4 Å². The Kier molecular flexibility index (Phi) is 4.24. The summed E-state index contributed by atoms with van der Waals surface area (Å²) >= 11 is 0. The molecular formula is C18H15F2N3O3. The van der Waals surface area contributed by atoms with E-state index in [0.29, 0.717) is 49.5 Å². The van der Waals surface area contributed by atoms with Gasteiger partial charge >= 0.3 is 0 Å². The zero-order valence-electron chi connectivity index (χ0n) is 13.7. The van der Waals surface area contributed by atoms with Crippen molar-refractivity contribution in [1.29, 1.82) is 0 Å². The molecule has 8 heteroatoms. The van der Waals surface area contributed by atoms with Crippen LogP contribution in [0.5, 0.6) is 0 Å². The van der Waals surface area contributed by atoms with Crippen molar-refractivity contribution in [3.63, 3.8) is 0 Å². The summed E-state index contributed by atoms with van der Waals surface area (Å²) < 4.78 is 37.7. The molecule has 4 rings (SSSR count). The maximum atomic E-state index is 13.8. The van der Waals surface area contributed by atoms with E-state index in [9.17, 15) is 13.6 Å². The molecule has 2 aromatic heterocycles. The summed E-state index contributed by atoms with van der Waals surface area (Å²) in [5.74, 6) is -0.661. The quantitative estimate of drug-likeness (QED) is 0.714. The van der Waals surface area contributed by atoms with Gasteiger partial charge in [0.2, 0.25) is 5.89 Å². The standard InChI is InChI=1S/C18H15F2N3O3/c19-12-3-4-13(14(20)10-12)18(24)23-7-5-11(6-8-23)16-21-22-17(26-16)15-2-1-9-25-15/h1-4,9-11H,5-8H2. The van der Waals surface area contributed by atoms with E-state index in [0.717, 1.165) is 6.07 Å². The summed E-state index contributed by atoms with van der Waals surface area (Å²) in [6.45, 7) is 0.859. The predicted octanol–water partition coefficient (Wildman–Crippen LogP) is 3.63. The lowest BCUT2D eigenvalue weighted by Gasteiger charge is -2.30. The van der Waals surface area contributed by atoms with E-state index in [2.05, 4.69) is 10.2 Å². The van der Waals surface area contributed by atoms with Gasteiger partial charge in [0.05, 0.1) is 11.8 Å². The van der Waals surface area contributed by atoms with Crippen LogP contribution in [0.1, 0.15) is 35.0 Å². The van der Waals surface area contributed by atoms with Crippen LogP contribution < -0.4 is 0 Å². The van der Waals surface area contributed by atoms with E-state index < -0.39 is 17.5 Å². The van der Waals surface area contributed by atoms with E-state index in [1.165, 1.54) is 12.3 Å². The predicted molar refractivity (Wildman–Crippen MR) is 86.2 cm³/mol. The van der Waals surface area contributed by atoms with E-state index >= 15 is 0 Å². The number of piperidine rings is 1. The third-order valence-corrected chi connectivity index (χ3v) is 4.47. The molecule has 1 saturated heterocycles. The summed E-state index contributed by atoms with van der Waals surface area (Å²) in [7, 11) is 0. The molecule has 0 aliphatic carbocycles. The van der Waals surface area contributed by atoms with Crippen LogP contribution in [0.3, 0.4) is 0 Å². The van der Waals surface area contributed by atoms with Crippen molar-refractivity contribution in [1.82, 2.24) is 15.1 Å². The molecule has 0 saturated carbocycles. The fourth-order valence-electron chi connectivity index (χ4n) is 3.06. The lowest BCUT2D eigenvalue weighted by Crippen LogP contribution is -2.38. The average molecular weight is 359 g/mol. The summed E-state index contributed by atoms with van der Waals surface area (Å²) in [6.07, 6.45) is 2.76. The van der Waals surface area contributed by atoms with Crippen molar-refractivity contribution in [3.05, 3.63) is 59.7 Å². The lowest BCUT2D eigenvalue weighted by atomic mass is 9.96. The minimum absolute atomic E-state index is 0.0216. The minimum Gasteiger partial charge on any atom is -0.459 e. The van der Waals surface area contributed by atoms with Gasteiger partial charge in [-0.15, -0.1) is 10.2 Å². The van der Waals surface area contributed by atoms with Gasteiger partial charge in [0, 0.05) is 25.1 Å². The molecule has 134 valence electrons. The van der Waals surface area contributed by atoms with Crippen LogP contribution >= 0.6 is 0 Å². The number of carbonyl (C=O) groups is 1. The van der Waals surface area contributed by atoms with E-state index in [1.54, 1.807) is 17.0 Å². The normalized spacial score (nSPS) is 15.4. The van der Waals surface area contributed by atoms with Crippen LogP contribution in [0.25, 0.3) is 11.7 Å². The van der Waals surface area contributed by atoms with Gasteiger partial charge in [0.25, 0.3) is 11.8 Å². The first-order chi connectivity index (χ1) is 12.6. The van der Waals surface area contributed by atoms with Gasteiger partial charge in [0.15, 0.2) is 5.76 Å². The molecule has 0 unspecified atom stereocenters. The Balaban J connectivity index is 1.42. The van der Waals surface area contributed by atoms with Crippen molar-refractivity contribution in [2.45, 2.75) is 18.8 Å². The first kappa shape index (κ1) is 16.4. The zero-order chi connectivity index (χ0) is 18.1. The van der Waals surface area contributed by atoms with Crippen LogP contribution in [0.4, 0.5) is 8.78 Å². The second-order valence-corrected chi connectivity index (χ2v) is 6.11. The number of carbonyl (C=O) groups excluding carboxylic acids is 1. The molecule has 6 nitrogen and oxygen atoms in total. The van der Waals surface area contributed by atoms with E-state index in [-0.39, 0.29) is 11.5 Å². The number of aromatic nitrogens is 2. The van der Waals surface area contributed by atoms with Gasteiger partial charge < -0.3 is 13.7 Å². The highest BCUT2D eigenvalue weighted by molar-refractivity contribution is 5.94. The van der Waals surface area contributed by atoms with Crippen molar-refractivity contribution >= 4 is 5.91 Å². The number of hydrogen-bond donors (Lipinski definition) is 0. The Labute approximate surface area is 147 Å². The molecule has 1 fully saturated rings. The minimum atomic E-state index is -0.850. The Morgan fingerprint density at radius 2 is 1.96 bits per heavy atom. The fraction of sp³-hybridized carbons (Fsp3) is 0.278. The van der Waals surface area contributed by atoms with Gasteiger partial charge in [0.1, 0.15) is 11.6 Å². The monoisotopic (exact) mass is 359 g/mol. The number of halogens is 2. The molecule has 0 radical (unpaired) electrons. The van der Waals surface area contributed by atoms with E-state index in [4.69, 9.17) is 8.83 Å². The molecule has 1 aromatic carbocycles. The molecule has 0 atom stereocenters. The zero-order valence-corrected chi connectivity index (χ0v) is 13.7. The molecule has 0 spiro atoms. The molecule has 0 N–H and O–H groups in total. The molecule has 1 amide bonds. The first-order valence-corrected chi connectivity index (χ1v) is 8.23. The maximum absolute atomic E-state index is 13.8. The summed E-state index contributed by atoms with van der Waals surface area (Å²) in [5.41, 5.74) is -0.122. The van der Waals surface area contributed by atoms with E-state index in [1.807, 2.05) is 0 Å². The fourth-order valence-corrected chi connectivity index (χ4v) is 3.06. The molecule has 26 heavy (non-hydrogen) atoms. The maximum Gasteiger partial charge on any atom is 0.283 e. The van der Waals surface area contributed by atoms with Crippen molar-refractivity contribution in [2.75, 3.05) is 13.1 Å². The Morgan fingerprint density at radius 1 is 1.15 bits per heavy atom. The topological polar surface area (TPSA) is 72.4 Å². The summed E-state index contributed by atoms with van der Waals surface area (Å²) in [6, 6.07) is 6.44. The Morgan fingerprint density at radius 3 is 2.65 bits per heavy atom. The highest BCUT2D eigenvalue weighted by Crippen LogP contribution is 2.30. The molecule has 3 heterocycles. The smallest absolute Gasteiger partial charge is 0.283 e.